The van der Waals surface area contributed by atoms with Crippen LogP contribution in [0.4, 0.5) is 0 Å². The molecule has 0 aliphatic carbocycles. The normalized spacial score (nSPS) is 14.4. The zero-order valence-corrected chi connectivity index (χ0v) is 11.0. The predicted molar refractivity (Wildman–Crippen MR) is 71.2 cm³/mol. The van der Waals surface area contributed by atoms with Crippen molar-refractivity contribution in [3.63, 3.8) is 0 Å². The van der Waals surface area contributed by atoms with Crippen LogP contribution in [0.3, 0.4) is 0 Å². The molecule has 0 spiro atoms. The SMILES string of the molecule is C#C[C@@H](CCCCC)[C@@H](O)CCCCCC. The summed E-state index contributed by atoms with van der Waals surface area (Å²) in [5.74, 6) is 2.83. The maximum absolute atomic E-state index is 9.97. The van der Waals surface area contributed by atoms with E-state index in [9.17, 15) is 5.11 Å². The van der Waals surface area contributed by atoms with Crippen molar-refractivity contribution < 1.29 is 5.11 Å². The van der Waals surface area contributed by atoms with Gasteiger partial charge in [0.1, 0.15) is 0 Å². The van der Waals surface area contributed by atoms with E-state index in [1.54, 1.807) is 0 Å². The molecule has 1 N–H and O–H groups in total. The Morgan fingerprint density at radius 2 is 1.50 bits per heavy atom. The molecule has 0 aliphatic rings. The van der Waals surface area contributed by atoms with Crippen molar-refractivity contribution in [3.8, 4) is 12.3 Å². The van der Waals surface area contributed by atoms with Crippen LogP contribution in [0, 0.1) is 18.3 Å². The van der Waals surface area contributed by atoms with Gasteiger partial charge in [0.2, 0.25) is 0 Å². The number of unbranched alkanes of at least 4 members (excludes halogenated alkanes) is 5. The van der Waals surface area contributed by atoms with Gasteiger partial charge in [-0.2, -0.15) is 0 Å². The van der Waals surface area contributed by atoms with Crippen molar-refractivity contribution in [2.24, 2.45) is 5.92 Å². The Morgan fingerprint density at radius 3 is 2.06 bits per heavy atom. The van der Waals surface area contributed by atoms with E-state index in [0.29, 0.717) is 0 Å². The van der Waals surface area contributed by atoms with Gasteiger partial charge < -0.3 is 5.11 Å². The van der Waals surface area contributed by atoms with Crippen LogP contribution in [0.25, 0.3) is 0 Å². The zero-order valence-electron chi connectivity index (χ0n) is 11.0. The molecule has 0 amide bonds. The second kappa shape index (κ2) is 11.0. The summed E-state index contributed by atoms with van der Waals surface area (Å²) in [6.07, 6.45) is 15.5. The zero-order chi connectivity index (χ0) is 12.2. The number of hydrogen-bond donors (Lipinski definition) is 1. The fourth-order valence-corrected chi connectivity index (χ4v) is 1.98. The lowest BCUT2D eigenvalue weighted by molar-refractivity contribution is 0.116. The van der Waals surface area contributed by atoms with Crippen molar-refractivity contribution in [1.82, 2.24) is 0 Å². The Bertz CT molecular complexity index is 180. The van der Waals surface area contributed by atoms with Gasteiger partial charge in [-0.3, -0.25) is 0 Å². The van der Waals surface area contributed by atoms with Crippen molar-refractivity contribution >= 4 is 0 Å². The maximum atomic E-state index is 9.97. The molecular formula is C15H28O. The highest BCUT2D eigenvalue weighted by molar-refractivity contribution is 4.96. The molecule has 0 bridgehead atoms. The Hall–Kier alpha value is -0.480. The molecule has 0 radical (unpaired) electrons. The number of aliphatic hydroxyl groups is 1. The molecule has 0 aromatic heterocycles. The monoisotopic (exact) mass is 224 g/mol. The Kier molecular flexibility index (Phi) is 10.7. The third kappa shape index (κ3) is 7.77. The molecule has 1 heteroatoms. The lowest BCUT2D eigenvalue weighted by Gasteiger charge is -2.17. The summed E-state index contributed by atoms with van der Waals surface area (Å²) in [4.78, 5) is 0. The molecular weight excluding hydrogens is 196 g/mol. The second-order valence-electron chi connectivity index (χ2n) is 4.69. The summed E-state index contributed by atoms with van der Waals surface area (Å²) in [5, 5.41) is 9.97. The largest absolute Gasteiger partial charge is 0.392 e. The van der Waals surface area contributed by atoms with Crippen LogP contribution in [-0.2, 0) is 0 Å². The van der Waals surface area contributed by atoms with E-state index < -0.39 is 0 Å². The molecule has 0 unspecified atom stereocenters. The Balaban J connectivity index is 3.65. The smallest absolute Gasteiger partial charge is 0.0677 e. The highest BCUT2D eigenvalue weighted by Crippen LogP contribution is 2.18. The number of terminal acetylenes is 1. The average Bonchev–Trinajstić information content (AvgIpc) is 2.30. The molecule has 0 aromatic rings. The van der Waals surface area contributed by atoms with E-state index in [4.69, 9.17) is 6.42 Å². The van der Waals surface area contributed by atoms with Crippen molar-refractivity contribution in [2.75, 3.05) is 0 Å². The molecule has 94 valence electrons. The second-order valence-corrected chi connectivity index (χ2v) is 4.69. The topological polar surface area (TPSA) is 20.2 Å². The van der Waals surface area contributed by atoms with Gasteiger partial charge in [0.25, 0.3) is 0 Å². The highest BCUT2D eigenvalue weighted by Gasteiger charge is 2.15. The summed E-state index contributed by atoms with van der Waals surface area (Å²) < 4.78 is 0. The molecule has 1 nitrogen and oxygen atoms in total. The van der Waals surface area contributed by atoms with E-state index in [0.717, 1.165) is 25.7 Å². The van der Waals surface area contributed by atoms with Gasteiger partial charge >= 0.3 is 0 Å². The van der Waals surface area contributed by atoms with Crippen LogP contribution in [0.2, 0.25) is 0 Å². The van der Waals surface area contributed by atoms with Crippen LogP contribution in [0.5, 0.6) is 0 Å². The molecule has 0 saturated carbocycles. The molecule has 16 heavy (non-hydrogen) atoms. The molecule has 2 atom stereocenters. The molecule has 0 fully saturated rings. The molecule has 0 rings (SSSR count). The lowest BCUT2D eigenvalue weighted by atomic mass is 9.92. The van der Waals surface area contributed by atoms with E-state index in [-0.39, 0.29) is 12.0 Å². The first-order valence-electron chi connectivity index (χ1n) is 6.90. The van der Waals surface area contributed by atoms with Crippen LogP contribution in [0.1, 0.15) is 71.6 Å². The Labute approximate surface area is 102 Å². The van der Waals surface area contributed by atoms with Crippen molar-refractivity contribution in [3.05, 3.63) is 0 Å². The molecule has 0 aliphatic heterocycles. The molecule has 0 saturated heterocycles. The third-order valence-corrected chi connectivity index (χ3v) is 3.15. The maximum Gasteiger partial charge on any atom is 0.0677 e. The fourth-order valence-electron chi connectivity index (χ4n) is 1.98. The average molecular weight is 224 g/mol. The number of rotatable bonds is 10. The first kappa shape index (κ1) is 15.5. The van der Waals surface area contributed by atoms with Gasteiger partial charge in [0.05, 0.1) is 6.10 Å². The minimum Gasteiger partial charge on any atom is -0.392 e. The standard InChI is InChI=1S/C15H28O/c1-4-7-9-11-13-15(16)14(6-3)12-10-8-5-2/h3,14-16H,4-5,7-13H2,1-2H3/t14-,15-/m0/s1. The van der Waals surface area contributed by atoms with Crippen molar-refractivity contribution in [1.29, 1.82) is 0 Å². The minimum absolute atomic E-state index is 0.0770. The van der Waals surface area contributed by atoms with Gasteiger partial charge in [-0.1, -0.05) is 58.8 Å². The van der Waals surface area contributed by atoms with Crippen LogP contribution >= 0.6 is 0 Å². The van der Waals surface area contributed by atoms with Crippen molar-refractivity contribution in [2.45, 2.75) is 77.7 Å². The Morgan fingerprint density at radius 1 is 0.938 bits per heavy atom. The number of hydrogen-bond acceptors (Lipinski definition) is 1. The summed E-state index contributed by atoms with van der Waals surface area (Å²) in [5.41, 5.74) is 0. The van der Waals surface area contributed by atoms with Gasteiger partial charge in [0, 0.05) is 5.92 Å². The highest BCUT2D eigenvalue weighted by atomic mass is 16.3. The van der Waals surface area contributed by atoms with Crippen LogP contribution < -0.4 is 0 Å². The summed E-state index contributed by atoms with van der Waals surface area (Å²) >= 11 is 0. The molecule has 0 aromatic carbocycles. The number of aliphatic hydroxyl groups excluding tert-OH is 1. The summed E-state index contributed by atoms with van der Waals surface area (Å²) in [7, 11) is 0. The van der Waals surface area contributed by atoms with Gasteiger partial charge in [0.15, 0.2) is 0 Å². The van der Waals surface area contributed by atoms with E-state index in [2.05, 4.69) is 19.8 Å². The van der Waals surface area contributed by atoms with Gasteiger partial charge in [-0.05, 0) is 12.8 Å². The fraction of sp³-hybridized carbons (Fsp3) is 0.867. The third-order valence-electron chi connectivity index (χ3n) is 3.15. The first-order valence-corrected chi connectivity index (χ1v) is 6.90. The lowest BCUT2D eigenvalue weighted by Crippen LogP contribution is -2.18. The van der Waals surface area contributed by atoms with Crippen LogP contribution in [0.15, 0.2) is 0 Å². The van der Waals surface area contributed by atoms with E-state index >= 15 is 0 Å². The summed E-state index contributed by atoms with van der Waals surface area (Å²) in [6.45, 7) is 4.39. The first-order chi connectivity index (χ1) is 7.76. The predicted octanol–water partition coefficient (Wildman–Crippen LogP) is 4.15. The minimum atomic E-state index is -0.279. The quantitative estimate of drug-likeness (QED) is 0.436. The van der Waals surface area contributed by atoms with Gasteiger partial charge in [-0.15, -0.1) is 12.3 Å². The van der Waals surface area contributed by atoms with Gasteiger partial charge in [-0.25, -0.2) is 0 Å². The van der Waals surface area contributed by atoms with E-state index in [1.807, 2.05) is 0 Å². The van der Waals surface area contributed by atoms with Crippen LogP contribution in [-0.4, -0.2) is 11.2 Å². The molecule has 0 heterocycles. The van der Waals surface area contributed by atoms with E-state index in [1.165, 1.54) is 32.1 Å². The summed E-state index contributed by atoms with van der Waals surface area (Å²) in [6, 6.07) is 0.